The lowest BCUT2D eigenvalue weighted by atomic mass is 9.89. The summed E-state index contributed by atoms with van der Waals surface area (Å²) in [5.41, 5.74) is 1.09. The van der Waals surface area contributed by atoms with Crippen molar-refractivity contribution in [1.82, 2.24) is 15.2 Å². The molecule has 128 valence electrons. The van der Waals surface area contributed by atoms with Crippen molar-refractivity contribution in [3.63, 3.8) is 0 Å². The Balaban J connectivity index is 1.50. The van der Waals surface area contributed by atoms with E-state index in [1.54, 1.807) is 18.4 Å². The molecule has 2 aliphatic rings. The summed E-state index contributed by atoms with van der Waals surface area (Å²) >= 11 is 1.65. The normalized spacial score (nSPS) is 24.9. The Bertz CT molecular complexity index is 530. The van der Waals surface area contributed by atoms with Crippen molar-refractivity contribution < 1.29 is 9.53 Å². The first-order valence-electron chi connectivity index (χ1n) is 8.65. The summed E-state index contributed by atoms with van der Waals surface area (Å²) in [6.07, 6.45) is 4.35. The molecule has 1 saturated carbocycles. The summed E-state index contributed by atoms with van der Waals surface area (Å²) in [4.78, 5) is 18.9. The van der Waals surface area contributed by atoms with Gasteiger partial charge in [-0.05, 0) is 25.2 Å². The smallest absolute Gasteiger partial charge is 0.225 e. The highest BCUT2D eigenvalue weighted by molar-refractivity contribution is 7.09. The van der Waals surface area contributed by atoms with Crippen molar-refractivity contribution in [3.8, 4) is 0 Å². The molecule has 1 aromatic rings. The van der Waals surface area contributed by atoms with Crippen LogP contribution in [-0.4, -0.2) is 42.0 Å². The Morgan fingerprint density at radius 3 is 3.00 bits per heavy atom. The van der Waals surface area contributed by atoms with Gasteiger partial charge in [-0.2, -0.15) is 0 Å². The van der Waals surface area contributed by atoms with Crippen molar-refractivity contribution in [3.05, 3.63) is 16.1 Å². The van der Waals surface area contributed by atoms with Gasteiger partial charge in [-0.15, -0.1) is 11.3 Å². The average Bonchev–Trinajstić information content (AvgIpc) is 3.33. The molecular weight excluding hydrogens is 310 g/mol. The molecule has 0 spiro atoms. The SMILES string of the molecule is CC[C@H]1CN(C(=O)C2CC2)CC[C@@H]1NCc1csc(COC)n1. The Labute approximate surface area is 142 Å². The number of ether oxygens (including phenoxy) is 1. The summed E-state index contributed by atoms with van der Waals surface area (Å²) in [7, 11) is 1.70. The maximum Gasteiger partial charge on any atom is 0.225 e. The fourth-order valence-electron chi connectivity index (χ4n) is 3.36. The van der Waals surface area contributed by atoms with Gasteiger partial charge >= 0.3 is 0 Å². The highest BCUT2D eigenvalue weighted by Crippen LogP contribution is 2.33. The van der Waals surface area contributed by atoms with Crippen molar-refractivity contribution >= 4 is 17.2 Å². The van der Waals surface area contributed by atoms with Gasteiger partial charge in [0, 0.05) is 44.1 Å². The fourth-order valence-corrected chi connectivity index (χ4v) is 4.12. The molecule has 2 atom stereocenters. The number of methoxy groups -OCH3 is 1. The zero-order valence-corrected chi connectivity index (χ0v) is 14.9. The Morgan fingerprint density at radius 2 is 2.30 bits per heavy atom. The molecule has 3 rings (SSSR count). The quantitative estimate of drug-likeness (QED) is 0.830. The van der Waals surface area contributed by atoms with E-state index in [-0.39, 0.29) is 0 Å². The lowest BCUT2D eigenvalue weighted by Crippen LogP contribution is -2.51. The van der Waals surface area contributed by atoms with Gasteiger partial charge in [0.2, 0.25) is 5.91 Å². The van der Waals surface area contributed by atoms with Gasteiger partial charge in [-0.25, -0.2) is 4.98 Å². The maximum absolute atomic E-state index is 12.3. The lowest BCUT2D eigenvalue weighted by molar-refractivity contribution is -0.134. The predicted octanol–water partition coefficient (Wildman–Crippen LogP) is 2.42. The van der Waals surface area contributed by atoms with Crippen LogP contribution in [0.15, 0.2) is 5.38 Å². The van der Waals surface area contributed by atoms with Gasteiger partial charge < -0.3 is 15.0 Å². The van der Waals surface area contributed by atoms with E-state index in [9.17, 15) is 4.79 Å². The highest BCUT2D eigenvalue weighted by Gasteiger charge is 2.37. The molecule has 2 heterocycles. The third-order valence-electron chi connectivity index (χ3n) is 4.91. The Hall–Kier alpha value is -0.980. The largest absolute Gasteiger partial charge is 0.378 e. The molecule has 1 N–H and O–H groups in total. The zero-order chi connectivity index (χ0) is 16.2. The first-order chi connectivity index (χ1) is 11.2. The van der Waals surface area contributed by atoms with Gasteiger partial charge in [0.05, 0.1) is 12.3 Å². The van der Waals surface area contributed by atoms with E-state index >= 15 is 0 Å². The van der Waals surface area contributed by atoms with Gasteiger partial charge in [0.15, 0.2) is 0 Å². The minimum atomic E-state index is 0.339. The third-order valence-corrected chi connectivity index (χ3v) is 5.78. The molecule has 1 aliphatic carbocycles. The first kappa shape index (κ1) is 16.9. The molecule has 0 aromatic carbocycles. The number of piperidine rings is 1. The van der Waals surface area contributed by atoms with Crippen molar-refractivity contribution in [1.29, 1.82) is 0 Å². The number of nitrogens with one attached hydrogen (secondary N) is 1. The number of likely N-dealkylation sites (tertiary alicyclic amines) is 1. The summed E-state index contributed by atoms with van der Waals surface area (Å²) in [6, 6.07) is 0.482. The van der Waals surface area contributed by atoms with E-state index in [1.807, 2.05) is 0 Å². The van der Waals surface area contributed by atoms with Crippen LogP contribution in [0.5, 0.6) is 0 Å². The number of amides is 1. The van der Waals surface area contributed by atoms with Crippen molar-refractivity contribution in [2.24, 2.45) is 11.8 Å². The first-order valence-corrected chi connectivity index (χ1v) is 9.53. The fraction of sp³-hybridized carbons (Fsp3) is 0.765. The van der Waals surface area contributed by atoms with Crippen LogP contribution < -0.4 is 5.32 Å². The zero-order valence-electron chi connectivity index (χ0n) is 14.1. The number of rotatable bonds is 7. The standard InChI is InChI=1S/C17H27N3O2S/c1-3-12-9-20(17(21)13-4-5-13)7-6-15(12)18-8-14-11-23-16(19-14)10-22-2/h11-13,15,18H,3-10H2,1-2H3/t12-,15-/m0/s1. The van der Waals surface area contributed by atoms with Crippen LogP contribution in [0.2, 0.25) is 0 Å². The van der Waals surface area contributed by atoms with Crippen LogP contribution in [0.3, 0.4) is 0 Å². The lowest BCUT2D eigenvalue weighted by Gasteiger charge is -2.39. The Morgan fingerprint density at radius 1 is 1.48 bits per heavy atom. The molecule has 2 fully saturated rings. The maximum atomic E-state index is 12.3. The van der Waals surface area contributed by atoms with Crippen LogP contribution in [-0.2, 0) is 22.7 Å². The summed E-state index contributed by atoms with van der Waals surface area (Å²) in [5.74, 6) is 1.28. The topological polar surface area (TPSA) is 54.5 Å². The molecule has 0 radical (unpaired) electrons. The van der Waals surface area contributed by atoms with E-state index in [0.29, 0.717) is 30.4 Å². The predicted molar refractivity (Wildman–Crippen MR) is 91.2 cm³/mol. The van der Waals surface area contributed by atoms with Crippen LogP contribution in [0.1, 0.15) is 43.3 Å². The van der Waals surface area contributed by atoms with E-state index in [2.05, 4.69) is 27.5 Å². The monoisotopic (exact) mass is 337 g/mol. The number of aromatic nitrogens is 1. The second kappa shape index (κ2) is 7.73. The van der Waals surface area contributed by atoms with E-state index in [4.69, 9.17) is 4.74 Å². The van der Waals surface area contributed by atoms with Gasteiger partial charge in [-0.3, -0.25) is 4.79 Å². The number of hydrogen-bond acceptors (Lipinski definition) is 5. The van der Waals surface area contributed by atoms with Crippen LogP contribution >= 0.6 is 11.3 Å². The number of carbonyl (C=O) groups is 1. The summed E-state index contributed by atoms with van der Waals surface area (Å²) in [6.45, 7) is 5.43. The van der Waals surface area contributed by atoms with E-state index in [0.717, 1.165) is 56.0 Å². The van der Waals surface area contributed by atoms with Gasteiger partial charge in [0.25, 0.3) is 0 Å². The van der Waals surface area contributed by atoms with Crippen LogP contribution in [0.4, 0.5) is 0 Å². The second-order valence-corrected chi connectivity index (χ2v) is 7.61. The van der Waals surface area contributed by atoms with E-state index < -0.39 is 0 Å². The molecule has 1 amide bonds. The molecular formula is C17H27N3O2S. The minimum Gasteiger partial charge on any atom is -0.378 e. The van der Waals surface area contributed by atoms with E-state index in [1.165, 1.54) is 0 Å². The number of hydrogen-bond donors (Lipinski definition) is 1. The molecule has 23 heavy (non-hydrogen) atoms. The van der Waals surface area contributed by atoms with Crippen molar-refractivity contribution in [2.75, 3.05) is 20.2 Å². The third kappa shape index (κ3) is 4.31. The van der Waals surface area contributed by atoms with Gasteiger partial charge in [-0.1, -0.05) is 13.3 Å². The number of nitrogens with zero attached hydrogens (tertiary/aromatic N) is 2. The molecule has 1 aliphatic heterocycles. The molecule has 0 bridgehead atoms. The molecule has 0 unspecified atom stereocenters. The van der Waals surface area contributed by atoms with Crippen LogP contribution in [0, 0.1) is 11.8 Å². The summed E-state index contributed by atoms with van der Waals surface area (Å²) in [5, 5.41) is 6.80. The van der Waals surface area contributed by atoms with Gasteiger partial charge in [0.1, 0.15) is 5.01 Å². The minimum absolute atomic E-state index is 0.339. The van der Waals surface area contributed by atoms with Crippen molar-refractivity contribution in [2.45, 2.75) is 51.8 Å². The second-order valence-electron chi connectivity index (χ2n) is 6.67. The molecule has 1 saturated heterocycles. The van der Waals surface area contributed by atoms with Crippen LogP contribution in [0.25, 0.3) is 0 Å². The highest BCUT2D eigenvalue weighted by atomic mass is 32.1. The number of carbonyl (C=O) groups excluding carboxylic acids is 1. The summed E-state index contributed by atoms with van der Waals surface area (Å²) < 4.78 is 5.12. The Kier molecular flexibility index (Phi) is 5.67. The number of thiazole rings is 1. The molecule has 6 heteroatoms. The average molecular weight is 337 g/mol. The molecule has 1 aromatic heterocycles. The molecule has 5 nitrogen and oxygen atoms in total.